The van der Waals surface area contributed by atoms with Gasteiger partial charge in [-0.3, -0.25) is 14.7 Å². The molecule has 3 rings (SSSR count). The van der Waals surface area contributed by atoms with Crippen molar-refractivity contribution in [3.8, 4) is 0 Å². The number of likely N-dealkylation sites (tertiary alicyclic amines) is 2. The van der Waals surface area contributed by atoms with Crippen LogP contribution in [0.4, 0.5) is 0 Å². The SMILES string of the molecule is Cc1cc(C(=O)N2CCC[C@@]3(CCC(=O)N(CCC(C)C)C3)C2)n[nH]1. The molecule has 1 aromatic heterocycles. The van der Waals surface area contributed by atoms with E-state index in [1.165, 1.54) is 0 Å². The molecule has 2 fully saturated rings. The molecule has 2 saturated heterocycles. The molecule has 0 aliphatic carbocycles. The molecular weight excluding hydrogens is 316 g/mol. The average Bonchev–Trinajstić information content (AvgIpc) is 3.02. The van der Waals surface area contributed by atoms with Crippen molar-refractivity contribution in [3.63, 3.8) is 0 Å². The van der Waals surface area contributed by atoms with Crippen molar-refractivity contribution in [2.75, 3.05) is 26.2 Å². The smallest absolute Gasteiger partial charge is 0.274 e. The summed E-state index contributed by atoms with van der Waals surface area (Å²) in [6, 6.07) is 1.81. The van der Waals surface area contributed by atoms with Gasteiger partial charge < -0.3 is 9.80 Å². The fraction of sp³-hybridized carbons (Fsp3) is 0.737. The highest BCUT2D eigenvalue weighted by molar-refractivity contribution is 5.92. The quantitative estimate of drug-likeness (QED) is 0.911. The van der Waals surface area contributed by atoms with E-state index in [-0.39, 0.29) is 17.2 Å². The van der Waals surface area contributed by atoms with E-state index in [9.17, 15) is 9.59 Å². The van der Waals surface area contributed by atoms with Gasteiger partial charge in [-0.1, -0.05) is 13.8 Å². The summed E-state index contributed by atoms with van der Waals surface area (Å²) in [7, 11) is 0. The highest BCUT2D eigenvalue weighted by Gasteiger charge is 2.42. The molecule has 138 valence electrons. The van der Waals surface area contributed by atoms with E-state index in [1.807, 2.05) is 22.8 Å². The van der Waals surface area contributed by atoms with Gasteiger partial charge in [0.25, 0.3) is 5.91 Å². The summed E-state index contributed by atoms with van der Waals surface area (Å²) in [6.07, 6.45) is 4.65. The Morgan fingerprint density at radius 3 is 2.84 bits per heavy atom. The largest absolute Gasteiger partial charge is 0.342 e. The Bertz CT molecular complexity index is 639. The zero-order valence-corrected chi connectivity index (χ0v) is 15.7. The molecule has 0 radical (unpaired) electrons. The molecule has 0 saturated carbocycles. The highest BCUT2D eigenvalue weighted by atomic mass is 16.2. The lowest BCUT2D eigenvalue weighted by Gasteiger charge is -2.48. The van der Waals surface area contributed by atoms with Gasteiger partial charge in [-0.25, -0.2) is 0 Å². The second-order valence-corrected chi connectivity index (χ2v) is 8.26. The van der Waals surface area contributed by atoms with Crippen molar-refractivity contribution in [2.24, 2.45) is 11.3 Å². The molecule has 2 aliphatic heterocycles. The van der Waals surface area contributed by atoms with Gasteiger partial charge in [-0.2, -0.15) is 5.10 Å². The normalized spacial score (nSPS) is 24.4. The minimum Gasteiger partial charge on any atom is -0.342 e. The molecule has 1 aromatic rings. The van der Waals surface area contributed by atoms with Crippen molar-refractivity contribution >= 4 is 11.8 Å². The monoisotopic (exact) mass is 346 g/mol. The van der Waals surface area contributed by atoms with Crippen molar-refractivity contribution in [1.82, 2.24) is 20.0 Å². The second-order valence-electron chi connectivity index (χ2n) is 8.26. The summed E-state index contributed by atoms with van der Waals surface area (Å²) in [6.45, 7) is 9.44. The van der Waals surface area contributed by atoms with Gasteiger partial charge in [0.15, 0.2) is 0 Å². The van der Waals surface area contributed by atoms with E-state index >= 15 is 0 Å². The molecule has 6 heteroatoms. The maximum absolute atomic E-state index is 12.8. The molecule has 1 spiro atoms. The van der Waals surface area contributed by atoms with Crippen molar-refractivity contribution in [3.05, 3.63) is 17.5 Å². The molecule has 1 N–H and O–H groups in total. The zero-order valence-electron chi connectivity index (χ0n) is 15.7. The Hall–Kier alpha value is -1.85. The van der Waals surface area contributed by atoms with Crippen LogP contribution in [0.5, 0.6) is 0 Å². The van der Waals surface area contributed by atoms with Gasteiger partial charge in [0.05, 0.1) is 0 Å². The summed E-state index contributed by atoms with van der Waals surface area (Å²) >= 11 is 0. The Labute approximate surface area is 149 Å². The number of nitrogens with zero attached hydrogens (tertiary/aromatic N) is 3. The number of H-pyrrole nitrogens is 1. The lowest BCUT2D eigenvalue weighted by molar-refractivity contribution is -0.139. The maximum Gasteiger partial charge on any atom is 0.274 e. The van der Waals surface area contributed by atoms with Gasteiger partial charge in [-0.15, -0.1) is 0 Å². The van der Waals surface area contributed by atoms with E-state index in [1.54, 1.807) is 0 Å². The molecule has 25 heavy (non-hydrogen) atoms. The number of carbonyl (C=O) groups is 2. The van der Waals surface area contributed by atoms with Crippen LogP contribution in [0.2, 0.25) is 0 Å². The van der Waals surface area contributed by atoms with Crippen LogP contribution < -0.4 is 0 Å². The summed E-state index contributed by atoms with van der Waals surface area (Å²) in [5, 5.41) is 6.97. The lowest BCUT2D eigenvalue weighted by Crippen LogP contribution is -2.55. The van der Waals surface area contributed by atoms with E-state index < -0.39 is 0 Å². The molecule has 2 aliphatic rings. The van der Waals surface area contributed by atoms with Crippen molar-refractivity contribution in [1.29, 1.82) is 0 Å². The van der Waals surface area contributed by atoms with E-state index in [4.69, 9.17) is 0 Å². The Balaban J connectivity index is 1.68. The minimum atomic E-state index is 0.00838. The summed E-state index contributed by atoms with van der Waals surface area (Å²) < 4.78 is 0. The number of aryl methyl sites for hydroxylation is 1. The van der Waals surface area contributed by atoms with Crippen LogP contribution in [-0.2, 0) is 4.79 Å². The van der Waals surface area contributed by atoms with Gasteiger partial charge in [0.1, 0.15) is 5.69 Å². The molecule has 0 aromatic carbocycles. The van der Waals surface area contributed by atoms with E-state index in [0.717, 1.165) is 57.6 Å². The number of aromatic amines is 1. The predicted octanol–water partition coefficient (Wildman–Crippen LogP) is 2.61. The summed E-state index contributed by atoms with van der Waals surface area (Å²) in [4.78, 5) is 29.0. The van der Waals surface area contributed by atoms with Crippen molar-refractivity contribution < 1.29 is 9.59 Å². The topological polar surface area (TPSA) is 69.3 Å². The third-order valence-electron chi connectivity index (χ3n) is 5.60. The van der Waals surface area contributed by atoms with Crippen LogP contribution in [0.15, 0.2) is 6.07 Å². The summed E-state index contributed by atoms with van der Waals surface area (Å²) in [5.74, 6) is 0.879. The standard InChI is InChI=1S/C19H30N4O2/c1-14(2)6-10-22-12-19(8-5-17(22)24)7-4-9-23(13-19)18(25)16-11-15(3)20-21-16/h11,14H,4-10,12-13H2,1-3H3,(H,20,21)/t19-/m0/s1. The number of piperidine rings is 2. The second kappa shape index (κ2) is 7.18. The fourth-order valence-corrected chi connectivity index (χ4v) is 4.12. The molecule has 0 unspecified atom stereocenters. The average molecular weight is 346 g/mol. The Morgan fingerprint density at radius 2 is 2.16 bits per heavy atom. The van der Waals surface area contributed by atoms with Gasteiger partial charge >= 0.3 is 0 Å². The summed E-state index contributed by atoms with van der Waals surface area (Å²) in [5.41, 5.74) is 1.46. The molecule has 1 atom stereocenters. The zero-order chi connectivity index (χ0) is 18.0. The molecular formula is C19H30N4O2. The number of hydrogen-bond donors (Lipinski definition) is 1. The minimum absolute atomic E-state index is 0.00838. The number of carbonyl (C=O) groups excluding carboxylic acids is 2. The van der Waals surface area contributed by atoms with Crippen LogP contribution in [0.3, 0.4) is 0 Å². The van der Waals surface area contributed by atoms with Crippen LogP contribution >= 0.6 is 0 Å². The number of aromatic nitrogens is 2. The molecule has 2 amide bonds. The van der Waals surface area contributed by atoms with E-state index in [2.05, 4.69) is 24.0 Å². The molecule has 6 nitrogen and oxygen atoms in total. The van der Waals surface area contributed by atoms with Gasteiger partial charge in [0.2, 0.25) is 5.91 Å². The Morgan fingerprint density at radius 1 is 1.36 bits per heavy atom. The molecule has 0 bridgehead atoms. The first-order valence-electron chi connectivity index (χ1n) is 9.48. The van der Waals surface area contributed by atoms with Gasteiger partial charge in [-0.05, 0) is 44.6 Å². The van der Waals surface area contributed by atoms with Crippen molar-refractivity contribution in [2.45, 2.75) is 52.9 Å². The van der Waals surface area contributed by atoms with Gasteiger partial charge in [0, 0.05) is 43.7 Å². The van der Waals surface area contributed by atoms with Crippen LogP contribution in [-0.4, -0.2) is 58.0 Å². The number of amides is 2. The van der Waals surface area contributed by atoms with Crippen LogP contribution in [0.25, 0.3) is 0 Å². The molecule has 3 heterocycles. The number of rotatable bonds is 4. The highest BCUT2D eigenvalue weighted by Crippen LogP contribution is 2.39. The Kier molecular flexibility index (Phi) is 5.16. The first-order valence-corrected chi connectivity index (χ1v) is 9.48. The first-order chi connectivity index (χ1) is 11.9. The number of hydrogen-bond acceptors (Lipinski definition) is 3. The van der Waals surface area contributed by atoms with Crippen LogP contribution in [0.1, 0.15) is 62.1 Å². The number of nitrogens with one attached hydrogen (secondary N) is 1. The third kappa shape index (κ3) is 4.05. The fourth-order valence-electron chi connectivity index (χ4n) is 4.12. The lowest BCUT2D eigenvalue weighted by atomic mass is 9.73. The first kappa shape index (κ1) is 18.0. The predicted molar refractivity (Wildman–Crippen MR) is 96.2 cm³/mol. The third-order valence-corrected chi connectivity index (χ3v) is 5.60. The maximum atomic E-state index is 12.8. The van der Waals surface area contributed by atoms with Crippen LogP contribution in [0, 0.1) is 18.3 Å². The van der Waals surface area contributed by atoms with E-state index in [0.29, 0.717) is 18.0 Å².